The second kappa shape index (κ2) is 7.59. The molecule has 2 aromatic carbocycles. The Hall–Kier alpha value is -2.83. The molecule has 0 unspecified atom stereocenters. The molecule has 3 nitrogen and oxygen atoms in total. The van der Waals surface area contributed by atoms with Crippen molar-refractivity contribution in [2.24, 2.45) is 0 Å². The molecular weight excluding hydrogens is 348 g/mol. The molecule has 1 amide bonds. The minimum atomic E-state index is -0.753. The molecule has 0 radical (unpaired) electrons. The van der Waals surface area contributed by atoms with Gasteiger partial charge in [0, 0.05) is 30.1 Å². The lowest BCUT2D eigenvalue weighted by Gasteiger charge is -2.06. The van der Waals surface area contributed by atoms with Crippen molar-refractivity contribution in [2.75, 3.05) is 13.2 Å². The molecule has 0 bridgehead atoms. The first-order valence-electron chi connectivity index (χ1n) is 8.08. The van der Waals surface area contributed by atoms with Gasteiger partial charge in [-0.15, -0.1) is 0 Å². The van der Waals surface area contributed by atoms with Crippen molar-refractivity contribution in [1.29, 1.82) is 0 Å². The molecule has 2 N–H and O–H groups in total. The van der Waals surface area contributed by atoms with Crippen LogP contribution in [0.5, 0.6) is 0 Å². The number of aromatic nitrogens is 1. The lowest BCUT2D eigenvalue weighted by Crippen LogP contribution is -2.25. The molecule has 0 saturated heterocycles. The van der Waals surface area contributed by atoms with Gasteiger partial charge in [-0.05, 0) is 47.9 Å². The first-order chi connectivity index (χ1) is 12.5. The summed E-state index contributed by atoms with van der Waals surface area (Å²) in [4.78, 5) is 14.7. The van der Waals surface area contributed by atoms with E-state index in [2.05, 4.69) is 10.3 Å². The van der Waals surface area contributed by atoms with Gasteiger partial charge < -0.3 is 10.3 Å². The SMILES string of the molecule is O=C(CCc1c(-c2ccc(F)cc2)[nH]c2c(F)cc(F)cc12)NCCF. The van der Waals surface area contributed by atoms with Crippen LogP contribution in [0, 0.1) is 17.5 Å². The number of rotatable bonds is 6. The van der Waals surface area contributed by atoms with E-state index < -0.39 is 24.1 Å². The van der Waals surface area contributed by atoms with Crippen molar-refractivity contribution < 1.29 is 22.4 Å². The van der Waals surface area contributed by atoms with E-state index in [0.29, 0.717) is 22.2 Å². The summed E-state index contributed by atoms with van der Waals surface area (Å²) < 4.78 is 53.2. The number of halogens is 4. The zero-order valence-electron chi connectivity index (χ0n) is 13.7. The normalized spacial score (nSPS) is 11.1. The molecule has 1 heterocycles. The molecule has 0 aliphatic carbocycles. The summed E-state index contributed by atoms with van der Waals surface area (Å²) in [5.74, 6) is -2.27. The Morgan fingerprint density at radius 1 is 1.04 bits per heavy atom. The van der Waals surface area contributed by atoms with Gasteiger partial charge in [0.25, 0.3) is 0 Å². The second-order valence-electron chi connectivity index (χ2n) is 5.83. The molecule has 26 heavy (non-hydrogen) atoms. The van der Waals surface area contributed by atoms with E-state index in [0.717, 1.165) is 6.07 Å². The van der Waals surface area contributed by atoms with Crippen LogP contribution in [-0.4, -0.2) is 24.1 Å². The number of alkyl halides is 1. The van der Waals surface area contributed by atoms with Crippen molar-refractivity contribution in [3.8, 4) is 11.3 Å². The van der Waals surface area contributed by atoms with Crippen LogP contribution >= 0.6 is 0 Å². The first-order valence-corrected chi connectivity index (χ1v) is 8.08. The van der Waals surface area contributed by atoms with Gasteiger partial charge in [0.15, 0.2) is 0 Å². The summed E-state index contributed by atoms with van der Waals surface area (Å²) in [6, 6.07) is 7.51. The summed E-state index contributed by atoms with van der Waals surface area (Å²) in [6.45, 7) is -0.753. The van der Waals surface area contributed by atoms with E-state index >= 15 is 0 Å². The van der Waals surface area contributed by atoms with Crippen LogP contribution in [-0.2, 0) is 11.2 Å². The average molecular weight is 364 g/mol. The van der Waals surface area contributed by atoms with Crippen LogP contribution in [0.25, 0.3) is 22.2 Å². The van der Waals surface area contributed by atoms with Crippen molar-refractivity contribution >= 4 is 16.8 Å². The molecule has 7 heteroatoms. The summed E-state index contributed by atoms with van der Waals surface area (Å²) in [6.07, 6.45) is 0.215. The standard InChI is InChI=1S/C19H16F4N2O/c20-7-8-24-17(26)6-5-14-15-9-13(22)10-16(23)19(15)25-18(14)11-1-3-12(21)4-2-11/h1-4,9-10,25H,5-8H2,(H,24,26). The molecule has 3 aromatic rings. The summed E-state index contributed by atoms with van der Waals surface area (Å²) in [5, 5.41) is 2.73. The Bertz CT molecular complexity index is 935. The highest BCUT2D eigenvalue weighted by atomic mass is 19.1. The van der Waals surface area contributed by atoms with Crippen molar-refractivity contribution in [3.63, 3.8) is 0 Å². The maximum absolute atomic E-state index is 14.1. The third-order valence-corrected chi connectivity index (χ3v) is 4.08. The van der Waals surface area contributed by atoms with Crippen LogP contribution in [0.2, 0.25) is 0 Å². The molecule has 0 aliphatic heterocycles. The van der Waals surface area contributed by atoms with E-state index in [1.165, 1.54) is 30.3 Å². The van der Waals surface area contributed by atoms with Crippen LogP contribution in [0.1, 0.15) is 12.0 Å². The number of hydrogen-bond acceptors (Lipinski definition) is 1. The van der Waals surface area contributed by atoms with E-state index in [4.69, 9.17) is 0 Å². The highest BCUT2D eigenvalue weighted by molar-refractivity contribution is 5.92. The van der Waals surface area contributed by atoms with Gasteiger partial charge in [0.05, 0.1) is 5.52 Å². The third-order valence-electron chi connectivity index (χ3n) is 4.08. The molecular formula is C19H16F4N2O. The fraction of sp³-hybridized carbons (Fsp3) is 0.211. The number of H-pyrrole nitrogens is 1. The number of fused-ring (bicyclic) bond motifs is 1. The summed E-state index contributed by atoms with van der Waals surface area (Å²) in [7, 11) is 0. The number of hydrogen-bond donors (Lipinski definition) is 2. The van der Waals surface area contributed by atoms with Gasteiger partial charge in [0.1, 0.15) is 24.1 Å². The Balaban J connectivity index is 2.03. The number of benzene rings is 2. The molecule has 0 spiro atoms. The van der Waals surface area contributed by atoms with Gasteiger partial charge in [-0.1, -0.05) is 0 Å². The lowest BCUT2D eigenvalue weighted by molar-refractivity contribution is -0.121. The number of amides is 1. The second-order valence-corrected chi connectivity index (χ2v) is 5.83. The molecule has 0 aliphatic rings. The zero-order chi connectivity index (χ0) is 18.7. The number of carbonyl (C=O) groups excluding carboxylic acids is 1. The molecule has 3 rings (SSSR count). The monoisotopic (exact) mass is 364 g/mol. The van der Waals surface area contributed by atoms with Gasteiger partial charge in [-0.2, -0.15) is 0 Å². The van der Waals surface area contributed by atoms with Crippen LogP contribution < -0.4 is 5.32 Å². The maximum Gasteiger partial charge on any atom is 0.220 e. The highest BCUT2D eigenvalue weighted by Gasteiger charge is 2.18. The predicted octanol–water partition coefficient (Wildman–Crippen LogP) is 4.27. The Morgan fingerprint density at radius 2 is 1.77 bits per heavy atom. The third kappa shape index (κ3) is 3.71. The Kier molecular flexibility index (Phi) is 5.25. The fourth-order valence-corrected chi connectivity index (χ4v) is 2.91. The fourth-order valence-electron chi connectivity index (χ4n) is 2.91. The van der Waals surface area contributed by atoms with Crippen molar-refractivity contribution in [2.45, 2.75) is 12.8 Å². The molecule has 0 atom stereocenters. The van der Waals surface area contributed by atoms with Gasteiger partial charge >= 0.3 is 0 Å². The van der Waals surface area contributed by atoms with Crippen molar-refractivity contribution in [3.05, 3.63) is 59.4 Å². The summed E-state index contributed by atoms with van der Waals surface area (Å²) >= 11 is 0. The number of aryl methyl sites for hydroxylation is 1. The smallest absolute Gasteiger partial charge is 0.220 e. The molecule has 136 valence electrons. The maximum atomic E-state index is 14.1. The van der Waals surface area contributed by atoms with E-state index in [9.17, 15) is 22.4 Å². The Morgan fingerprint density at radius 3 is 2.46 bits per heavy atom. The number of nitrogens with one attached hydrogen (secondary N) is 2. The predicted molar refractivity (Wildman–Crippen MR) is 90.9 cm³/mol. The topological polar surface area (TPSA) is 44.9 Å². The minimum Gasteiger partial charge on any atom is -0.353 e. The first kappa shape index (κ1) is 18.0. The lowest BCUT2D eigenvalue weighted by atomic mass is 10.0. The van der Waals surface area contributed by atoms with E-state index in [-0.39, 0.29) is 30.8 Å². The number of carbonyl (C=O) groups is 1. The average Bonchev–Trinajstić information content (AvgIpc) is 2.97. The van der Waals surface area contributed by atoms with Gasteiger partial charge in [0.2, 0.25) is 5.91 Å². The number of aromatic amines is 1. The largest absolute Gasteiger partial charge is 0.353 e. The molecule has 0 fully saturated rings. The summed E-state index contributed by atoms with van der Waals surface area (Å²) in [5.41, 5.74) is 1.73. The van der Waals surface area contributed by atoms with Gasteiger partial charge in [-0.3, -0.25) is 4.79 Å². The van der Waals surface area contributed by atoms with Crippen LogP contribution in [0.15, 0.2) is 36.4 Å². The quantitative estimate of drug-likeness (QED) is 0.631. The van der Waals surface area contributed by atoms with E-state index in [1.807, 2.05) is 0 Å². The highest BCUT2D eigenvalue weighted by Crippen LogP contribution is 2.33. The van der Waals surface area contributed by atoms with Gasteiger partial charge in [-0.25, -0.2) is 17.6 Å². The minimum absolute atomic E-state index is 0.0271. The van der Waals surface area contributed by atoms with Crippen molar-refractivity contribution in [1.82, 2.24) is 10.3 Å². The van der Waals surface area contributed by atoms with Crippen LogP contribution in [0.3, 0.4) is 0 Å². The Labute approximate surface area is 147 Å². The molecule has 0 saturated carbocycles. The van der Waals surface area contributed by atoms with Crippen LogP contribution in [0.4, 0.5) is 17.6 Å². The molecule has 1 aromatic heterocycles. The zero-order valence-corrected chi connectivity index (χ0v) is 13.7. The van der Waals surface area contributed by atoms with E-state index in [1.54, 1.807) is 0 Å².